The molecular weight excluding hydrogens is 499 g/mol. The summed E-state index contributed by atoms with van der Waals surface area (Å²) < 4.78 is 23.4. The third-order valence-electron chi connectivity index (χ3n) is 5.38. The lowest BCUT2D eigenvalue weighted by atomic mass is 10.1. The molecule has 0 bridgehead atoms. The van der Waals surface area contributed by atoms with Crippen molar-refractivity contribution in [2.75, 3.05) is 34.8 Å². The molecule has 0 saturated carbocycles. The second-order valence-corrected chi connectivity index (χ2v) is 10.7. The van der Waals surface area contributed by atoms with E-state index >= 15 is 0 Å². The topological polar surface area (TPSA) is 141 Å². The highest BCUT2D eigenvalue weighted by Crippen LogP contribution is 2.36. The lowest BCUT2D eigenvalue weighted by molar-refractivity contribution is 0.586. The Bertz CT molecular complexity index is 1530. The fourth-order valence-electron chi connectivity index (χ4n) is 3.66. The zero-order valence-electron chi connectivity index (χ0n) is 17.5. The van der Waals surface area contributed by atoms with Gasteiger partial charge in [0.25, 0.3) is 0 Å². The molecule has 3 aromatic heterocycles. The van der Waals surface area contributed by atoms with Gasteiger partial charge in [-0.05, 0) is 18.2 Å². The van der Waals surface area contributed by atoms with E-state index in [2.05, 4.69) is 30.2 Å². The molecular formula is C21H16Cl2N8O2S. The van der Waals surface area contributed by atoms with Gasteiger partial charge in [-0.3, -0.25) is 0 Å². The quantitative estimate of drug-likeness (QED) is 0.417. The molecule has 1 aliphatic rings. The van der Waals surface area contributed by atoms with Gasteiger partial charge in [-0.1, -0.05) is 23.2 Å². The van der Waals surface area contributed by atoms with Crippen molar-refractivity contribution in [2.24, 2.45) is 0 Å². The van der Waals surface area contributed by atoms with Crippen LogP contribution in [-0.4, -0.2) is 57.9 Å². The smallest absolute Gasteiger partial charge is 0.159 e. The maximum atomic E-state index is 11.7. The minimum Gasteiger partial charge on any atom is -0.354 e. The monoisotopic (exact) mass is 514 g/mol. The molecule has 1 aliphatic heterocycles. The summed E-state index contributed by atoms with van der Waals surface area (Å²) in [5.74, 6) is 2.18. The number of hydrogen-bond donors (Lipinski definition) is 2. The Labute approximate surface area is 204 Å². The Morgan fingerprint density at radius 3 is 2.53 bits per heavy atom. The lowest BCUT2D eigenvalue weighted by Crippen LogP contribution is -2.40. The minimum atomic E-state index is -2.99. The van der Waals surface area contributed by atoms with Gasteiger partial charge in [0.05, 0.1) is 44.3 Å². The zero-order chi connectivity index (χ0) is 23.9. The maximum absolute atomic E-state index is 11.7. The van der Waals surface area contributed by atoms with Crippen LogP contribution < -0.4 is 10.2 Å². The molecule has 0 atom stereocenters. The van der Waals surface area contributed by atoms with Crippen LogP contribution in [0, 0.1) is 11.3 Å². The molecule has 5 rings (SSSR count). The number of anilines is 3. The van der Waals surface area contributed by atoms with E-state index in [0.717, 1.165) is 0 Å². The van der Waals surface area contributed by atoms with E-state index in [0.29, 0.717) is 68.6 Å². The number of benzene rings is 1. The number of halogens is 2. The molecule has 10 nitrogen and oxygen atoms in total. The summed E-state index contributed by atoms with van der Waals surface area (Å²) in [5.41, 5.74) is 2.07. The van der Waals surface area contributed by atoms with E-state index in [9.17, 15) is 8.42 Å². The molecule has 1 fully saturated rings. The van der Waals surface area contributed by atoms with Crippen LogP contribution in [0.3, 0.4) is 0 Å². The second kappa shape index (κ2) is 8.72. The van der Waals surface area contributed by atoms with E-state index in [-0.39, 0.29) is 11.5 Å². The summed E-state index contributed by atoms with van der Waals surface area (Å²) in [6.07, 6.45) is 3.03. The fourth-order valence-corrected chi connectivity index (χ4v) is 5.53. The molecule has 2 N–H and O–H groups in total. The molecule has 13 heteroatoms. The van der Waals surface area contributed by atoms with Gasteiger partial charge in [-0.2, -0.15) is 5.26 Å². The first kappa shape index (κ1) is 22.3. The van der Waals surface area contributed by atoms with E-state index < -0.39 is 9.84 Å². The number of imidazole rings is 1. The average molecular weight is 515 g/mol. The van der Waals surface area contributed by atoms with Crippen LogP contribution in [0.5, 0.6) is 0 Å². The zero-order valence-corrected chi connectivity index (χ0v) is 19.8. The summed E-state index contributed by atoms with van der Waals surface area (Å²) >= 11 is 12.7. The van der Waals surface area contributed by atoms with Gasteiger partial charge >= 0.3 is 0 Å². The van der Waals surface area contributed by atoms with E-state index in [1.165, 1.54) is 18.5 Å². The number of nitrogens with zero attached hydrogens (tertiary/aromatic N) is 6. The molecule has 4 heterocycles. The summed E-state index contributed by atoms with van der Waals surface area (Å²) in [4.78, 5) is 22.6. The highest BCUT2D eigenvalue weighted by molar-refractivity contribution is 7.91. The number of hydrogen-bond acceptors (Lipinski definition) is 9. The first-order valence-corrected chi connectivity index (χ1v) is 12.7. The number of nitrogens with one attached hydrogen (secondary N) is 2. The standard InChI is InChI=1S/C21H16Cl2N8O2S/c22-13-7-12(10-24)8-14(23)18(13)20-28-15-1-2-25-21(19(15)30-20)29-16-9-17(27-11-26-16)31-3-5-34(32,33)6-4-31/h1-2,7-9,11H,3-6H2,(H,28,30)(H,25,26,27,29). The molecule has 0 unspecified atom stereocenters. The Kier molecular flexibility index (Phi) is 5.73. The van der Waals surface area contributed by atoms with E-state index in [1.54, 1.807) is 18.3 Å². The summed E-state index contributed by atoms with van der Waals surface area (Å²) in [6.45, 7) is 0.753. The van der Waals surface area contributed by atoms with Crippen molar-refractivity contribution in [1.29, 1.82) is 5.26 Å². The Morgan fingerprint density at radius 1 is 1.09 bits per heavy atom. The highest BCUT2D eigenvalue weighted by Gasteiger charge is 2.23. The number of fused-ring (bicyclic) bond motifs is 1. The number of aromatic amines is 1. The molecule has 34 heavy (non-hydrogen) atoms. The molecule has 0 radical (unpaired) electrons. The van der Waals surface area contributed by atoms with Crippen molar-refractivity contribution < 1.29 is 8.42 Å². The van der Waals surface area contributed by atoms with Gasteiger partial charge in [0.2, 0.25) is 0 Å². The summed E-state index contributed by atoms with van der Waals surface area (Å²) in [7, 11) is -2.99. The Morgan fingerprint density at radius 2 is 1.82 bits per heavy atom. The molecule has 0 amide bonds. The molecule has 4 aromatic rings. The van der Waals surface area contributed by atoms with Crippen LogP contribution >= 0.6 is 23.2 Å². The Balaban J connectivity index is 1.46. The largest absolute Gasteiger partial charge is 0.354 e. The molecule has 1 saturated heterocycles. The second-order valence-electron chi connectivity index (χ2n) is 7.59. The van der Waals surface area contributed by atoms with Crippen LogP contribution in [0.1, 0.15) is 5.56 Å². The van der Waals surface area contributed by atoms with Gasteiger partial charge in [-0.15, -0.1) is 0 Å². The van der Waals surface area contributed by atoms with Crippen molar-refractivity contribution >= 4 is 61.5 Å². The fraction of sp³-hybridized carbons (Fsp3) is 0.190. The average Bonchev–Trinajstić information content (AvgIpc) is 3.23. The van der Waals surface area contributed by atoms with Crippen molar-refractivity contribution in [3.05, 3.63) is 52.4 Å². The van der Waals surface area contributed by atoms with Crippen LogP contribution in [0.15, 0.2) is 36.8 Å². The molecule has 0 aliphatic carbocycles. The van der Waals surface area contributed by atoms with Crippen molar-refractivity contribution in [3.63, 3.8) is 0 Å². The van der Waals surface area contributed by atoms with Crippen LogP contribution in [0.25, 0.3) is 22.4 Å². The number of nitriles is 1. The summed E-state index contributed by atoms with van der Waals surface area (Å²) in [5, 5.41) is 12.9. The van der Waals surface area contributed by atoms with Crippen LogP contribution in [0.2, 0.25) is 10.0 Å². The number of sulfone groups is 1. The number of aromatic nitrogens is 5. The first-order valence-electron chi connectivity index (χ1n) is 10.1. The third-order valence-corrected chi connectivity index (χ3v) is 7.58. The maximum Gasteiger partial charge on any atom is 0.159 e. The SMILES string of the molecule is N#Cc1cc(Cl)c(-c2nc3c(Nc4cc(N5CCS(=O)(=O)CC5)ncn4)nccc3[nH]2)c(Cl)c1. The normalized spacial score (nSPS) is 15.3. The van der Waals surface area contributed by atoms with Crippen LogP contribution in [-0.2, 0) is 9.84 Å². The van der Waals surface area contributed by atoms with Crippen molar-refractivity contribution in [2.45, 2.75) is 0 Å². The van der Waals surface area contributed by atoms with Gasteiger partial charge < -0.3 is 15.2 Å². The predicted octanol–water partition coefficient (Wildman–Crippen LogP) is 3.57. The number of H-pyrrole nitrogens is 1. The van der Waals surface area contributed by atoms with Gasteiger partial charge in [0.1, 0.15) is 29.3 Å². The van der Waals surface area contributed by atoms with Crippen LogP contribution in [0.4, 0.5) is 17.5 Å². The summed E-state index contributed by atoms with van der Waals surface area (Å²) in [6, 6.07) is 8.58. The van der Waals surface area contributed by atoms with Crippen molar-refractivity contribution in [1.82, 2.24) is 24.9 Å². The van der Waals surface area contributed by atoms with E-state index in [4.69, 9.17) is 28.5 Å². The van der Waals surface area contributed by atoms with Gasteiger partial charge in [-0.25, -0.2) is 28.4 Å². The first-order chi connectivity index (χ1) is 16.3. The van der Waals surface area contributed by atoms with Crippen molar-refractivity contribution in [3.8, 4) is 17.5 Å². The minimum absolute atomic E-state index is 0.0944. The highest BCUT2D eigenvalue weighted by atomic mass is 35.5. The Hall–Kier alpha value is -3.46. The predicted molar refractivity (Wildman–Crippen MR) is 130 cm³/mol. The molecule has 172 valence electrons. The number of rotatable bonds is 4. The van der Waals surface area contributed by atoms with Gasteiger partial charge in [0, 0.05) is 25.4 Å². The number of pyridine rings is 1. The lowest BCUT2D eigenvalue weighted by Gasteiger charge is -2.27. The third kappa shape index (κ3) is 4.35. The van der Waals surface area contributed by atoms with Gasteiger partial charge in [0.15, 0.2) is 15.7 Å². The molecule has 1 aromatic carbocycles. The molecule has 0 spiro atoms. The van der Waals surface area contributed by atoms with E-state index in [1.807, 2.05) is 11.0 Å².